The van der Waals surface area contributed by atoms with Crippen LogP contribution in [0.3, 0.4) is 0 Å². The molecule has 0 bridgehead atoms. The van der Waals surface area contributed by atoms with Crippen molar-refractivity contribution in [2.45, 2.75) is 31.0 Å². The number of carbonyl (C=O) groups excluding carboxylic acids is 1. The fourth-order valence-electron chi connectivity index (χ4n) is 3.76. The van der Waals surface area contributed by atoms with Crippen molar-refractivity contribution in [2.75, 3.05) is 13.1 Å². The monoisotopic (exact) mass is 509 g/mol. The van der Waals surface area contributed by atoms with Gasteiger partial charge in [-0.3, -0.25) is 4.79 Å². The zero-order chi connectivity index (χ0) is 23.9. The van der Waals surface area contributed by atoms with Gasteiger partial charge in [-0.15, -0.1) is 11.3 Å². The molecule has 2 N–H and O–H groups in total. The summed E-state index contributed by atoms with van der Waals surface area (Å²) in [6.45, 7) is 4.68. The number of ether oxygens (including phenoxy) is 1. The molecule has 0 aliphatic carbocycles. The second-order valence-corrected chi connectivity index (χ2v) is 10.8. The molecule has 1 saturated heterocycles. The van der Waals surface area contributed by atoms with E-state index in [0.29, 0.717) is 39.8 Å². The molecule has 1 aliphatic rings. The van der Waals surface area contributed by atoms with E-state index < -0.39 is 20.7 Å². The minimum absolute atomic E-state index is 0.104. The second-order valence-electron chi connectivity index (χ2n) is 7.86. The number of nitrogens with zero attached hydrogens (tertiary/aromatic N) is 2. The third-order valence-corrected chi connectivity index (χ3v) is 7.42. The van der Waals surface area contributed by atoms with Crippen LogP contribution in [-0.4, -0.2) is 49.5 Å². The first-order valence-corrected chi connectivity index (χ1v) is 12.8. The lowest BCUT2D eigenvalue weighted by Crippen LogP contribution is -2.48. The van der Waals surface area contributed by atoms with E-state index in [0.717, 1.165) is 23.5 Å². The molecule has 2 heterocycles. The number of benzene rings is 2. The molecule has 4 rings (SSSR count). The summed E-state index contributed by atoms with van der Waals surface area (Å²) in [6.07, 6.45) is -0.208. The predicted molar refractivity (Wildman–Crippen MR) is 125 cm³/mol. The smallest absolute Gasteiger partial charge is 0.283 e. The van der Waals surface area contributed by atoms with E-state index in [9.17, 15) is 17.6 Å². The first-order valence-electron chi connectivity index (χ1n) is 10.1. The summed E-state index contributed by atoms with van der Waals surface area (Å²) in [5, 5.41) is 5.86. The summed E-state index contributed by atoms with van der Waals surface area (Å²) in [5.41, 5.74) is 1.53. The van der Waals surface area contributed by atoms with Crippen LogP contribution in [0.15, 0.2) is 47.4 Å². The number of hydrogen-bond acceptors (Lipinski definition) is 6. The summed E-state index contributed by atoms with van der Waals surface area (Å²) in [7, 11) is -4.21. The Bertz CT molecular complexity index is 1300. The van der Waals surface area contributed by atoms with E-state index in [1.165, 1.54) is 6.07 Å². The molecule has 0 radical (unpaired) electrons. The van der Waals surface area contributed by atoms with Crippen LogP contribution in [0.2, 0.25) is 5.02 Å². The highest BCUT2D eigenvalue weighted by molar-refractivity contribution is 7.89. The van der Waals surface area contributed by atoms with Crippen LogP contribution in [0.5, 0.6) is 0 Å². The highest BCUT2D eigenvalue weighted by Gasteiger charge is 2.30. The van der Waals surface area contributed by atoms with Gasteiger partial charge in [0.2, 0.25) is 10.0 Å². The van der Waals surface area contributed by atoms with Crippen molar-refractivity contribution in [1.29, 1.82) is 0 Å². The van der Waals surface area contributed by atoms with Crippen LogP contribution < -0.4 is 5.14 Å². The Labute approximate surface area is 200 Å². The molecule has 1 amide bonds. The number of morpholine rings is 1. The third kappa shape index (κ3) is 5.10. The molecular formula is C22H21ClFN3O4S2. The van der Waals surface area contributed by atoms with E-state index in [1.54, 1.807) is 29.2 Å². The Morgan fingerprint density at radius 2 is 1.76 bits per heavy atom. The predicted octanol–water partition coefficient (Wildman–Crippen LogP) is 4.17. The van der Waals surface area contributed by atoms with Gasteiger partial charge in [0.25, 0.3) is 5.91 Å². The lowest BCUT2D eigenvalue weighted by molar-refractivity contribution is -0.0586. The number of thiazole rings is 1. The van der Waals surface area contributed by atoms with E-state index in [2.05, 4.69) is 4.98 Å². The number of halogens is 2. The summed E-state index contributed by atoms with van der Waals surface area (Å²) >= 11 is 7.13. The Morgan fingerprint density at radius 1 is 1.15 bits per heavy atom. The Hall–Kier alpha value is -2.37. The average molecular weight is 510 g/mol. The highest BCUT2D eigenvalue weighted by atomic mass is 35.5. The minimum Gasteiger partial charge on any atom is -0.372 e. The highest BCUT2D eigenvalue weighted by Crippen LogP contribution is 2.38. The Morgan fingerprint density at radius 3 is 2.33 bits per heavy atom. The SMILES string of the molecule is CC1CN(C(=O)c2nc(-c3ccc(Cl)cc3)c(-c3ccc(S(N)(=O)=O)c(F)c3)s2)CC(C)O1. The van der Waals surface area contributed by atoms with Crippen LogP contribution in [0.1, 0.15) is 23.6 Å². The van der Waals surface area contributed by atoms with Gasteiger partial charge in [0.15, 0.2) is 5.01 Å². The van der Waals surface area contributed by atoms with Gasteiger partial charge in [0.05, 0.1) is 22.8 Å². The maximum absolute atomic E-state index is 14.6. The van der Waals surface area contributed by atoms with E-state index in [4.69, 9.17) is 21.5 Å². The van der Waals surface area contributed by atoms with Gasteiger partial charge < -0.3 is 9.64 Å². The van der Waals surface area contributed by atoms with Crippen molar-refractivity contribution in [3.8, 4) is 21.7 Å². The number of nitrogens with two attached hydrogens (primary N) is 1. The van der Waals surface area contributed by atoms with Crippen molar-refractivity contribution in [1.82, 2.24) is 9.88 Å². The maximum Gasteiger partial charge on any atom is 0.283 e. The Kier molecular flexibility index (Phi) is 6.56. The summed E-state index contributed by atoms with van der Waals surface area (Å²) in [4.78, 5) is 19.5. The van der Waals surface area contributed by atoms with Crippen LogP contribution >= 0.6 is 22.9 Å². The summed E-state index contributed by atoms with van der Waals surface area (Å²) < 4.78 is 43.5. The average Bonchev–Trinajstić information content (AvgIpc) is 3.17. The summed E-state index contributed by atoms with van der Waals surface area (Å²) in [5.74, 6) is -1.22. The number of aromatic nitrogens is 1. The van der Waals surface area contributed by atoms with Crippen molar-refractivity contribution in [2.24, 2.45) is 5.14 Å². The Balaban J connectivity index is 1.80. The van der Waals surface area contributed by atoms with Crippen molar-refractivity contribution < 1.29 is 22.3 Å². The fourth-order valence-corrected chi connectivity index (χ4v) is 5.53. The first kappa shape index (κ1) is 23.8. The van der Waals surface area contributed by atoms with E-state index in [-0.39, 0.29) is 23.1 Å². The molecule has 0 spiro atoms. The van der Waals surface area contributed by atoms with Crippen molar-refractivity contribution in [3.05, 3.63) is 58.3 Å². The van der Waals surface area contributed by atoms with Crippen molar-refractivity contribution in [3.63, 3.8) is 0 Å². The van der Waals surface area contributed by atoms with Crippen LogP contribution in [0.25, 0.3) is 21.7 Å². The normalized spacial score (nSPS) is 19.0. The molecule has 7 nitrogen and oxygen atoms in total. The largest absolute Gasteiger partial charge is 0.372 e. The molecule has 174 valence electrons. The third-order valence-electron chi connectivity index (χ3n) is 5.14. The minimum atomic E-state index is -4.21. The lowest BCUT2D eigenvalue weighted by Gasteiger charge is -2.34. The standard InChI is InChI=1S/C22H21ClFN3O4S2/c1-12-10-27(11-13(2)31-12)22(28)21-26-19(14-3-6-16(23)7-4-14)20(32-21)15-5-8-18(17(24)9-15)33(25,29)30/h3-9,12-13H,10-11H2,1-2H3,(H2,25,29,30). The molecule has 0 saturated carbocycles. The van der Waals surface area contributed by atoms with Gasteiger partial charge in [-0.05, 0) is 43.7 Å². The lowest BCUT2D eigenvalue weighted by atomic mass is 10.1. The van der Waals surface area contributed by atoms with Gasteiger partial charge >= 0.3 is 0 Å². The van der Waals surface area contributed by atoms with Crippen LogP contribution in [0, 0.1) is 5.82 Å². The van der Waals surface area contributed by atoms with Crippen molar-refractivity contribution >= 4 is 38.9 Å². The molecule has 11 heteroatoms. The summed E-state index contributed by atoms with van der Waals surface area (Å²) in [6, 6.07) is 10.5. The van der Waals surface area contributed by atoms with Gasteiger partial charge in [-0.25, -0.2) is 22.9 Å². The number of sulfonamides is 1. The number of amides is 1. The van der Waals surface area contributed by atoms with Crippen LogP contribution in [-0.2, 0) is 14.8 Å². The molecular weight excluding hydrogens is 489 g/mol. The van der Waals surface area contributed by atoms with E-state index in [1.807, 2.05) is 13.8 Å². The fraction of sp³-hybridized carbons (Fsp3) is 0.273. The molecule has 1 aliphatic heterocycles. The van der Waals surface area contributed by atoms with E-state index >= 15 is 0 Å². The second kappa shape index (κ2) is 9.11. The van der Waals surface area contributed by atoms with Crippen LogP contribution in [0.4, 0.5) is 4.39 Å². The molecule has 1 aromatic heterocycles. The quantitative estimate of drug-likeness (QED) is 0.568. The van der Waals surface area contributed by atoms with Gasteiger partial charge in [0.1, 0.15) is 10.7 Å². The molecule has 2 atom stereocenters. The number of rotatable bonds is 4. The number of primary sulfonamides is 1. The van der Waals surface area contributed by atoms with Gasteiger partial charge in [-0.1, -0.05) is 29.8 Å². The molecule has 3 aromatic rings. The zero-order valence-corrected chi connectivity index (χ0v) is 20.2. The topological polar surface area (TPSA) is 103 Å². The maximum atomic E-state index is 14.6. The zero-order valence-electron chi connectivity index (χ0n) is 17.8. The first-order chi connectivity index (χ1) is 15.5. The molecule has 2 unspecified atom stereocenters. The van der Waals surface area contributed by atoms with Gasteiger partial charge in [-0.2, -0.15) is 0 Å². The molecule has 2 aromatic carbocycles. The van der Waals surface area contributed by atoms with Gasteiger partial charge in [0, 0.05) is 23.7 Å². The molecule has 1 fully saturated rings. The number of carbonyl (C=O) groups is 1. The number of hydrogen-bond donors (Lipinski definition) is 1. The molecule has 33 heavy (non-hydrogen) atoms.